The molecule has 2 atom stereocenters. The van der Waals surface area contributed by atoms with Gasteiger partial charge in [0, 0.05) is 0 Å². The van der Waals surface area contributed by atoms with Crippen LogP contribution in [-0.2, 0) is 9.78 Å². The number of hydrogen-bond donors (Lipinski definition) is 6. The lowest BCUT2D eigenvalue weighted by atomic mass is 10.3. The maximum atomic E-state index is 8.56. The van der Waals surface area contributed by atoms with Gasteiger partial charge in [0.05, 0.1) is 25.0 Å². The smallest absolute Gasteiger partial charge is 0.450 e. The standard InChI is InChI=1S/2C4H7NO2.2CH2O3/c2*1-4(7-6)2-3-5;2*2-1(3)4/h2*4,6H,2H2,1H3;2*(H2,2,3,4). The van der Waals surface area contributed by atoms with E-state index in [4.69, 9.17) is 51.1 Å². The van der Waals surface area contributed by atoms with Gasteiger partial charge in [0.1, 0.15) is 12.2 Å². The Kier molecular flexibility index (Phi) is 29.5. The third kappa shape index (κ3) is 85.8. The van der Waals surface area contributed by atoms with Crippen LogP contribution in [0.5, 0.6) is 0 Å². The molecule has 0 bridgehead atoms. The van der Waals surface area contributed by atoms with Crippen molar-refractivity contribution in [3.05, 3.63) is 0 Å². The first kappa shape index (κ1) is 27.7. The van der Waals surface area contributed by atoms with E-state index in [2.05, 4.69) is 9.78 Å². The van der Waals surface area contributed by atoms with Crippen molar-refractivity contribution in [1.29, 1.82) is 10.5 Å². The highest BCUT2D eigenvalue weighted by Gasteiger charge is 1.96. The Morgan fingerprint density at radius 1 is 0.864 bits per heavy atom. The van der Waals surface area contributed by atoms with Gasteiger partial charge in [-0.2, -0.15) is 10.5 Å². The van der Waals surface area contributed by atoms with E-state index in [0.29, 0.717) is 0 Å². The summed E-state index contributed by atoms with van der Waals surface area (Å²) in [6.45, 7) is 3.23. The molecule has 0 radical (unpaired) electrons. The second-order valence-electron chi connectivity index (χ2n) is 3.12. The molecule has 6 N–H and O–H groups in total. The molecule has 12 heteroatoms. The number of nitriles is 2. The van der Waals surface area contributed by atoms with Crippen molar-refractivity contribution < 1.29 is 50.3 Å². The summed E-state index contributed by atoms with van der Waals surface area (Å²) in [7, 11) is 0. The highest BCUT2D eigenvalue weighted by molar-refractivity contribution is 5.53. The minimum atomic E-state index is -1.83. The summed E-state index contributed by atoms with van der Waals surface area (Å²) in [5.74, 6) is 0. The van der Waals surface area contributed by atoms with Crippen LogP contribution in [0.25, 0.3) is 0 Å². The number of rotatable bonds is 4. The van der Waals surface area contributed by atoms with Crippen LogP contribution in [0.2, 0.25) is 0 Å². The molecule has 0 aliphatic heterocycles. The monoisotopic (exact) mass is 326 g/mol. The molecule has 0 fully saturated rings. The molecule has 0 saturated carbocycles. The van der Waals surface area contributed by atoms with Gasteiger partial charge in [-0.25, -0.2) is 19.4 Å². The number of hydrogen-bond acceptors (Lipinski definition) is 8. The molecule has 0 saturated heterocycles. The summed E-state index contributed by atoms with van der Waals surface area (Å²) < 4.78 is 0. The second kappa shape index (κ2) is 23.5. The molecule has 0 aliphatic rings. The maximum absolute atomic E-state index is 8.56. The molecule has 0 aromatic carbocycles. The fourth-order valence-electron chi connectivity index (χ4n) is 0.332. The van der Waals surface area contributed by atoms with Gasteiger partial charge in [-0.05, 0) is 13.8 Å². The molecule has 2 unspecified atom stereocenters. The summed E-state index contributed by atoms with van der Waals surface area (Å²) in [6.07, 6.45) is -3.91. The van der Waals surface area contributed by atoms with Crippen LogP contribution in [0.3, 0.4) is 0 Å². The highest BCUT2D eigenvalue weighted by atomic mass is 17.1. The lowest BCUT2D eigenvalue weighted by molar-refractivity contribution is -0.272. The molecule has 0 aliphatic carbocycles. The van der Waals surface area contributed by atoms with Gasteiger partial charge in [0.25, 0.3) is 0 Å². The van der Waals surface area contributed by atoms with Crippen molar-refractivity contribution in [1.82, 2.24) is 0 Å². The van der Waals surface area contributed by atoms with E-state index in [9.17, 15) is 0 Å². The van der Waals surface area contributed by atoms with E-state index < -0.39 is 12.3 Å². The van der Waals surface area contributed by atoms with Crippen LogP contribution in [0.15, 0.2) is 0 Å². The number of carbonyl (C=O) groups is 2. The van der Waals surface area contributed by atoms with Crippen LogP contribution >= 0.6 is 0 Å². The normalized spacial score (nSPS) is 10.3. The zero-order chi connectivity index (χ0) is 18.6. The topological polar surface area (TPSA) is 222 Å². The van der Waals surface area contributed by atoms with Gasteiger partial charge < -0.3 is 20.4 Å². The fraction of sp³-hybridized carbons (Fsp3) is 0.600. The largest absolute Gasteiger partial charge is 0.503 e. The molecule has 0 spiro atoms. The second-order valence-corrected chi connectivity index (χ2v) is 3.12. The average molecular weight is 326 g/mol. The lowest BCUT2D eigenvalue weighted by Gasteiger charge is -1.96. The van der Waals surface area contributed by atoms with E-state index in [-0.39, 0.29) is 25.0 Å². The summed E-state index contributed by atoms with van der Waals surface area (Å²) in [5.41, 5.74) is 0. The van der Waals surface area contributed by atoms with E-state index in [1.807, 2.05) is 12.1 Å². The first-order valence-corrected chi connectivity index (χ1v) is 5.26. The van der Waals surface area contributed by atoms with Crippen molar-refractivity contribution in [3.63, 3.8) is 0 Å². The minimum absolute atomic E-state index is 0.233. The van der Waals surface area contributed by atoms with Crippen LogP contribution in [-0.4, -0.2) is 55.5 Å². The molecule has 22 heavy (non-hydrogen) atoms. The first-order valence-electron chi connectivity index (χ1n) is 5.26. The van der Waals surface area contributed by atoms with E-state index >= 15 is 0 Å². The van der Waals surface area contributed by atoms with Crippen LogP contribution in [0.1, 0.15) is 26.7 Å². The third-order valence-corrected chi connectivity index (χ3v) is 1.12. The van der Waals surface area contributed by atoms with Gasteiger partial charge in [0.2, 0.25) is 0 Å². The van der Waals surface area contributed by atoms with Gasteiger partial charge >= 0.3 is 12.3 Å². The quantitative estimate of drug-likeness (QED) is 0.322. The van der Waals surface area contributed by atoms with Gasteiger partial charge in [-0.15, -0.1) is 0 Å². The predicted octanol–water partition coefficient (Wildman–Crippen LogP) is 2.00. The van der Waals surface area contributed by atoms with Crippen molar-refractivity contribution in [2.24, 2.45) is 0 Å². The Bertz CT molecular complexity index is 307. The molecule has 128 valence electrons. The van der Waals surface area contributed by atoms with Gasteiger partial charge in [0.15, 0.2) is 0 Å². The van der Waals surface area contributed by atoms with Crippen LogP contribution in [0.4, 0.5) is 9.59 Å². The fourth-order valence-corrected chi connectivity index (χ4v) is 0.332. The molecule has 0 aromatic rings. The molecular weight excluding hydrogens is 308 g/mol. The lowest BCUT2D eigenvalue weighted by Crippen LogP contribution is -2.01. The van der Waals surface area contributed by atoms with Crippen molar-refractivity contribution in [2.75, 3.05) is 0 Å². The Morgan fingerprint density at radius 3 is 1.09 bits per heavy atom. The molecule has 0 aromatic heterocycles. The SMILES string of the molecule is CC(CC#N)OO.CC(CC#N)OO.O=C(O)O.O=C(O)O. The Balaban J connectivity index is -0.000000102. The van der Waals surface area contributed by atoms with Gasteiger partial charge in [-0.1, -0.05) is 0 Å². The Hall–Kier alpha value is -2.64. The Morgan fingerprint density at radius 2 is 1.05 bits per heavy atom. The molecule has 12 nitrogen and oxygen atoms in total. The van der Waals surface area contributed by atoms with Crippen molar-refractivity contribution in [2.45, 2.75) is 38.9 Å². The Labute approximate surface area is 125 Å². The molecule has 0 heterocycles. The molecule has 0 amide bonds. The van der Waals surface area contributed by atoms with Crippen molar-refractivity contribution in [3.8, 4) is 12.1 Å². The zero-order valence-corrected chi connectivity index (χ0v) is 11.8. The highest BCUT2D eigenvalue weighted by Crippen LogP contribution is 1.90. The maximum Gasteiger partial charge on any atom is 0.503 e. The van der Waals surface area contributed by atoms with E-state index in [1.54, 1.807) is 13.8 Å². The summed E-state index contributed by atoms with van der Waals surface area (Å²) in [5, 5.41) is 59.4. The van der Waals surface area contributed by atoms with Crippen LogP contribution < -0.4 is 0 Å². The average Bonchev–Trinajstić information content (AvgIpc) is 2.38. The first-order chi connectivity index (χ1) is 10.1. The van der Waals surface area contributed by atoms with Crippen LogP contribution in [0, 0.1) is 22.7 Å². The van der Waals surface area contributed by atoms with E-state index in [1.165, 1.54) is 0 Å². The molecule has 0 rings (SSSR count). The zero-order valence-electron chi connectivity index (χ0n) is 11.8. The summed E-state index contributed by atoms with van der Waals surface area (Å²) in [6, 6.07) is 3.67. The third-order valence-electron chi connectivity index (χ3n) is 1.12. The molecular formula is C10H18N2O10. The van der Waals surface area contributed by atoms with E-state index in [0.717, 1.165) is 0 Å². The summed E-state index contributed by atoms with van der Waals surface area (Å²) >= 11 is 0. The van der Waals surface area contributed by atoms with Crippen molar-refractivity contribution >= 4 is 12.3 Å². The number of carboxylic acid groups (broad SMARTS) is 4. The van der Waals surface area contributed by atoms with Gasteiger partial charge in [-0.3, -0.25) is 10.5 Å². The number of nitrogens with zero attached hydrogens (tertiary/aromatic N) is 2. The summed E-state index contributed by atoms with van der Waals surface area (Å²) in [4.78, 5) is 24.6. The minimum Gasteiger partial charge on any atom is -0.450 e. The predicted molar refractivity (Wildman–Crippen MR) is 68.1 cm³/mol.